The summed E-state index contributed by atoms with van der Waals surface area (Å²) in [6, 6.07) is 0. The Morgan fingerprint density at radius 1 is 1.56 bits per heavy atom. The second-order valence-corrected chi connectivity index (χ2v) is 3.21. The Kier molecular flexibility index (Phi) is 5.21. The molecule has 0 bridgehead atoms. The van der Waals surface area contributed by atoms with Gasteiger partial charge in [0.1, 0.15) is 0 Å². The van der Waals surface area contributed by atoms with Crippen LogP contribution < -0.4 is 0 Å². The van der Waals surface area contributed by atoms with E-state index in [1.807, 2.05) is 6.92 Å². The molecule has 0 aromatic rings. The number of rotatable bonds is 4. The van der Waals surface area contributed by atoms with Gasteiger partial charge in [-0.05, 0) is 33.5 Å². The molecule has 1 nitrogen and oxygen atoms in total. The summed E-state index contributed by atoms with van der Waals surface area (Å²) in [5.74, 6) is 0. The molecule has 0 heterocycles. The van der Waals surface area contributed by atoms with Crippen molar-refractivity contribution in [1.82, 2.24) is 4.90 Å². The highest BCUT2D eigenvalue weighted by Gasteiger charge is 1.97. The van der Waals surface area contributed by atoms with Crippen LogP contribution in [-0.4, -0.2) is 30.4 Å². The SMILES string of the molecule is CCN(C)CCC(C)Cl. The first-order valence-electron chi connectivity index (χ1n) is 3.49. The van der Waals surface area contributed by atoms with Gasteiger partial charge in [-0.1, -0.05) is 6.92 Å². The van der Waals surface area contributed by atoms with E-state index in [1.165, 1.54) is 0 Å². The van der Waals surface area contributed by atoms with E-state index in [9.17, 15) is 0 Å². The van der Waals surface area contributed by atoms with Crippen molar-refractivity contribution in [3.8, 4) is 0 Å². The first-order valence-corrected chi connectivity index (χ1v) is 3.93. The highest BCUT2D eigenvalue weighted by Crippen LogP contribution is 2.00. The second kappa shape index (κ2) is 5.07. The van der Waals surface area contributed by atoms with Crippen molar-refractivity contribution < 1.29 is 0 Å². The van der Waals surface area contributed by atoms with E-state index in [0.717, 1.165) is 19.5 Å². The number of nitrogens with zero attached hydrogens (tertiary/aromatic N) is 1. The van der Waals surface area contributed by atoms with Crippen molar-refractivity contribution in [3.05, 3.63) is 0 Å². The van der Waals surface area contributed by atoms with Crippen molar-refractivity contribution in [3.63, 3.8) is 0 Å². The van der Waals surface area contributed by atoms with Gasteiger partial charge in [-0.3, -0.25) is 0 Å². The lowest BCUT2D eigenvalue weighted by atomic mass is 10.3. The maximum atomic E-state index is 5.75. The van der Waals surface area contributed by atoms with Crippen LogP contribution in [-0.2, 0) is 0 Å². The van der Waals surface area contributed by atoms with Gasteiger partial charge < -0.3 is 4.90 Å². The molecule has 0 N–H and O–H groups in total. The third kappa shape index (κ3) is 6.13. The largest absolute Gasteiger partial charge is 0.307 e. The minimum atomic E-state index is 0.319. The molecular formula is C7H16ClN. The molecule has 0 amide bonds. The van der Waals surface area contributed by atoms with E-state index in [-0.39, 0.29) is 0 Å². The molecule has 0 aliphatic heterocycles. The molecule has 9 heavy (non-hydrogen) atoms. The zero-order chi connectivity index (χ0) is 7.28. The normalized spacial score (nSPS) is 14.3. The van der Waals surface area contributed by atoms with Gasteiger partial charge >= 0.3 is 0 Å². The lowest BCUT2D eigenvalue weighted by molar-refractivity contribution is 0.347. The molecule has 0 saturated carbocycles. The topological polar surface area (TPSA) is 3.24 Å². The van der Waals surface area contributed by atoms with E-state index in [4.69, 9.17) is 11.6 Å². The van der Waals surface area contributed by atoms with Crippen LogP contribution >= 0.6 is 11.6 Å². The standard InChI is InChI=1S/C7H16ClN/c1-4-9(3)6-5-7(2)8/h7H,4-6H2,1-3H3. The van der Waals surface area contributed by atoms with Crippen molar-refractivity contribution in [2.24, 2.45) is 0 Å². The molecule has 0 rings (SSSR count). The van der Waals surface area contributed by atoms with E-state index < -0.39 is 0 Å². The monoisotopic (exact) mass is 149 g/mol. The van der Waals surface area contributed by atoms with Gasteiger partial charge in [-0.15, -0.1) is 11.6 Å². The van der Waals surface area contributed by atoms with Crippen LogP contribution in [0.4, 0.5) is 0 Å². The van der Waals surface area contributed by atoms with Gasteiger partial charge in [0.15, 0.2) is 0 Å². The van der Waals surface area contributed by atoms with Gasteiger partial charge in [-0.25, -0.2) is 0 Å². The summed E-state index contributed by atoms with van der Waals surface area (Å²) >= 11 is 5.75. The van der Waals surface area contributed by atoms with E-state index >= 15 is 0 Å². The summed E-state index contributed by atoms with van der Waals surface area (Å²) in [6.45, 7) is 6.41. The first-order chi connectivity index (χ1) is 4.16. The van der Waals surface area contributed by atoms with E-state index in [2.05, 4.69) is 18.9 Å². The zero-order valence-corrected chi connectivity index (χ0v) is 7.28. The Hall–Kier alpha value is 0.250. The Morgan fingerprint density at radius 3 is 2.44 bits per heavy atom. The third-order valence-corrected chi connectivity index (χ3v) is 1.67. The molecule has 0 fully saturated rings. The van der Waals surface area contributed by atoms with Crippen molar-refractivity contribution >= 4 is 11.6 Å². The van der Waals surface area contributed by atoms with Crippen LogP contribution in [0, 0.1) is 0 Å². The van der Waals surface area contributed by atoms with Gasteiger partial charge in [0.2, 0.25) is 0 Å². The predicted octanol–water partition coefficient (Wildman–Crippen LogP) is 1.96. The van der Waals surface area contributed by atoms with Gasteiger partial charge in [-0.2, -0.15) is 0 Å². The van der Waals surface area contributed by atoms with E-state index in [1.54, 1.807) is 0 Å². The fourth-order valence-electron chi connectivity index (χ4n) is 0.556. The fourth-order valence-corrected chi connectivity index (χ4v) is 0.654. The van der Waals surface area contributed by atoms with Gasteiger partial charge in [0, 0.05) is 5.38 Å². The van der Waals surface area contributed by atoms with Gasteiger partial charge in [0.05, 0.1) is 0 Å². The van der Waals surface area contributed by atoms with Crippen LogP contribution in [0.15, 0.2) is 0 Å². The third-order valence-electron chi connectivity index (χ3n) is 1.45. The molecule has 0 aromatic heterocycles. The number of hydrogen-bond acceptors (Lipinski definition) is 1. The van der Waals surface area contributed by atoms with E-state index in [0.29, 0.717) is 5.38 Å². The number of hydrogen-bond donors (Lipinski definition) is 0. The molecule has 1 atom stereocenters. The van der Waals surface area contributed by atoms with Crippen LogP contribution in [0.5, 0.6) is 0 Å². The molecule has 0 saturated heterocycles. The molecular weight excluding hydrogens is 134 g/mol. The molecule has 0 aliphatic carbocycles. The lowest BCUT2D eigenvalue weighted by Crippen LogP contribution is -2.20. The van der Waals surface area contributed by atoms with Crippen molar-refractivity contribution in [2.75, 3.05) is 20.1 Å². The summed E-state index contributed by atoms with van der Waals surface area (Å²) in [5, 5.41) is 0.319. The second-order valence-electron chi connectivity index (χ2n) is 2.47. The Morgan fingerprint density at radius 2 is 2.11 bits per heavy atom. The van der Waals surface area contributed by atoms with Crippen LogP contribution in [0.3, 0.4) is 0 Å². The Bertz CT molecular complexity index is 63.9. The molecule has 0 aromatic carbocycles. The molecule has 0 radical (unpaired) electrons. The summed E-state index contributed by atoms with van der Waals surface area (Å²) < 4.78 is 0. The molecule has 0 aliphatic rings. The minimum Gasteiger partial charge on any atom is -0.307 e. The Labute approximate surface area is 63.0 Å². The Balaban J connectivity index is 3.06. The molecule has 56 valence electrons. The smallest absolute Gasteiger partial charge is 0.0320 e. The zero-order valence-electron chi connectivity index (χ0n) is 6.52. The maximum Gasteiger partial charge on any atom is 0.0320 e. The molecule has 2 heteroatoms. The summed E-state index contributed by atoms with van der Waals surface area (Å²) in [6.07, 6.45) is 1.09. The summed E-state index contributed by atoms with van der Waals surface area (Å²) in [4.78, 5) is 2.26. The van der Waals surface area contributed by atoms with Crippen LogP contribution in [0.25, 0.3) is 0 Å². The van der Waals surface area contributed by atoms with Crippen molar-refractivity contribution in [1.29, 1.82) is 0 Å². The van der Waals surface area contributed by atoms with Gasteiger partial charge in [0.25, 0.3) is 0 Å². The lowest BCUT2D eigenvalue weighted by Gasteiger charge is -2.13. The number of halogens is 1. The van der Waals surface area contributed by atoms with Crippen LogP contribution in [0.2, 0.25) is 0 Å². The number of alkyl halides is 1. The molecule has 0 spiro atoms. The fraction of sp³-hybridized carbons (Fsp3) is 1.00. The minimum absolute atomic E-state index is 0.319. The quantitative estimate of drug-likeness (QED) is 0.553. The average Bonchev–Trinajstić information content (AvgIpc) is 1.83. The molecule has 1 unspecified atom stereocenters. The summed E-state index contributed by atoms with van der Waals surface area (Å²) in [5.41, 5.74) is 0. The highest BCUT2D eigenvalue weighted by atomic mass is 35.5. The predicted molar refractivity (Wildman–Crippen MR) is 43.1 cm³/mol. The average molecular weight is 150 g/mol. The first kappa shape index (κ1) is 9.25. The van der Waals surface area contributed by atoms with Crippen molar-refractivity contribution in [2.45, 2.75) is 25.6 Å². The summed E-state index contributed by atoms with van der Waals surface area (Å²) in [7, 11) is 2.11. The maximum absolute atomic E-state index is 5.75. The van der Waals surface area contributed by atoms with Crippen LogP contribution in [0.1, 0.15) is 20.3 Å². The highest BCUT2D eigenvalue weighted by molar-refractivity contribution is 6.20.